The van der Waals surface area contributed by atoms with E-state index in [-0.39, 0.29) is 5.69 Å². The summed E-state index contributed by atoms with van der Waals surface area (Å²) in [4.78, 5) is 16.5. The van der Waals surface area contributed by atoms with E-state index < -0.39 is 0 Å². The fourth-order valence-corrected chi connectivity index (χ4v) is 2.43. The van der Waals surface area contributed by atoms with Gasteiger partial charge in [0.05, 0.1) is 6.54 Å². The third kappa shape index (κ3) is 2.64. The molecule has 0 radical (unpaired) electrons. The molecule has 0 saturated heterocycles. The maximum Gasteiger partial charge on any atom is 0.345 e. The molecule has 18 heavy (non-hydrogen) atoms. The van der Waals surface area contributed by atoms with E-state index >= 15 is 0 Å². The van der Waals surface area contributed by atoms with Gasteiger partial charge in [0.25, 0.3) is 0 Å². The van der Waals surface area contributed by atoms with E-state index in [1.165, 1.54) is 4.68 Å². The summed E-state index contributed by atoms with van der Waals surface area (Å²) in [5, 5.41) is 4.28. The minimum absolute atomic E-state index is 0.00777. The molecule has 0 unspecified atom stereocenters. The highest BCUT2D eigenvalue weighted by Crippen LogP contribution is 2.07. The van der Waals surface area contributed by atoms with Gasteiger partial charge in [0.1, 0.15) is 5.82 Å². The van der Waals surface area contributed by atoms with Crippen molar-refractivity contribution in [1.29, 1.82) is 0 Å². The van der Waals surface area contributed by atoms with Gasteiger partial charge in [-0.05, 0) is 13.1 Å². The highest BCUT2D eigenvalue weighted by Gasteiger charge is 2.20. The zero-order valence-corrected chi connectivity index (χ0v) is 11.6. The maximum atomic E-state index is 11.7. The number of aryl methyl sites for hydroxylation is 1. The summed E-state index contributed by atoms with van der Waals surface area (Å²) >= 11 is 0. The molecule has 1 aliphatic rings. The second-order valence-electron chi connectivity index (χ2n) is 4.78. The first-order chi connectivity index (χ1) is 8.65. The molecule has 1 aromatic heterocycles. The summed E-state index contributed by atoms with van der Waals surface area (Å²) in [6, 6.07) is 0. The van der Waals surface area contributed by atoms with Crippen LogP contribution in [0.15, 0.2) is 4.79 Å². The van der Waals surface area contributed by atoms with Crippen molar-refractivity contribution in [3.05, 3.63) is 16.3 Å². The third-order valence-electron chi connectivity index (χ3n) is 3.72. The van der Waals surface area contributed by atoms with Gasteiger partial charge in [-0.3, -0.25) is 9.47 Å². The van der Waals surface area contributed by atoms with Crippen LogP contribution >= 0.6 is 0 Å². The number of aromatic nitrogens is 3. The zero-order chi connectivity index (χ0) is 13.1. The van der Waals surface area contributed by atoms with Crippen molar-refractivity contribution in [2.24, 2.45) is 7.05 Å². The fourth-order valence-electron chi connectivity index (χ4n) is 2.43. The molecular weight excluding hydrogens is 230 g/mol. The Hall–Kier alpha value is -1.14. The van der Waals surface area contributed by atoms with Crippen LogP contribution in [0.4, 0.5) is 0 Å². The number of nitrogens with zero attached hydrogens (tertiary/aromatic N) is 5. The topological polar surface area (TPSA) is 46.3 Å². The standard InChI is InChI=1S/C12H23N5O/c1-4-15(5-2)6-7-16-8-9-17-11(10-16)13-14(3)12(17)18/h4-10H2,1-3H3. The molecular formula is C12H23N5O. The van der Waals surface area contributed by atoms with Crippen molar-refractivity contribution in [3.63, 3.8) is 0 Å². The lowest BCUT2D eigenvalue weighted by molar-refractivity contribution is 0.179. The summed E-state index contributed by atoms with van der Waals surface area (Å²) in [6.45, 7) is 11.2. The van der Waals surface area contributed by atoms with E-state index in [1.54, 1.807) is 11.6 Å². The van der Waals surface area contributed by atoms with Gasteiger partial charge in [0.15, 0.2) is 0 Å². The van der Waals surface area contributed by atoms with Crippen molar-refractivity contribution in [3.8, 4) is 0 Å². The SMILES string of the molecule is CCN(CC)CCN1CCn2c(nn(C)c2=O)C1. The third-order valence-corrected chi connectivity index (χ3v) is 3.72. The smallest absolute Gasteiger partial charge is 0.303 e. The van der Waals surface area contributed by atoms with E-state index in [9.17, 15) is 4.79 Å². The van der Waals surface area contributed by atoms with E-state index in [1.807, 2.05) is 0 Å². The van der Waals surface area contributed by atoms with Crippen LogP contribution in [0.5, 0.6) is 0 Å². The first-order valence-corrected chi connectivity index (χ1v) is 6.73. The van der Waals surface area contributed by atoms with E-state index in [0.29, 0.717) is 0 Å². The van der Waals surface area contributed by atoms with Gasteiger partial charge in [-0.25, -0.2) is 9.48 Å². The molecule has 2 rings (SSSR count). The van der Waals surface area contributed by atoms with Crippen LogP contribution in [0.2, 0.25) is 0 Å². The highest BCUT2D eigenvalue weighted by atomic mass is 16.2. The highest BCUT2D eigenvalue weighted by molar-refractivity contribution is 4.91. The number of fused-ring (bicyclic) bond motifs is 1. The Labute approximate surface area is 108 Å². The Morgan fingerprint density at radius 1 is 1.28 bits per heavy atom. The zero-order valence-electron chi connectivity index (χ0n) is 11.6. The van der Waals surface area contributed by atoms with Crippen molar-refractivity contribution in [2.75, 3.05) is 32.7 Å². The molecule has 1 aliphatic heterocycles. The van der Waals surface area contributed by atoms with Gasteiger partial charge >= 0.3 is 5.69 Å². The predicted molar refractivity (Wildman–Crippen MR) is 70.5 cm³/mol. The summed E-state index contributed by atoms with van der Waals surface area (Å²) in [6.07, 6.45) is 0. The molecule has 0 bridgehead atoms. The van der Waals surface area contributed by atoms with Crippen LogP contribution in [0.1, 0.15) is 19.7 Å². The fraction of sp³-hybridized carbons (Fsp3) is 0.833. The second-order valence-corrected chi connectivity index (χ2v) is 4.78. The first-order valence-electron chi connectivity index (χ1n) is 6.73. The van der Waals surface area contributed by atoms with E-state index in [4.69, 9.17) is 0 Å². The molecule has 102 valence electrons. The maximum absolute atomic E-state index is 11.7. The van der Waals surface area contributed by atoms with Crippen LogP contribution in [0, 0.1) is 0 Å². The number of hydrogen-bond donors (Lipinski definition) is 0. The molecule has 0 spiro atoms. The number of likely N-dealkylation sites (N-methyl/N-ethyl adjacent to an activating group) is 1. The van der Waals surface area contributed by atoms with Crippen molar-refractivity contribution in [2.45, 2.75) is 26.9 Å². The lowest BCUT2D eigenvalue weighted by Crippen LogP contribution is -2.41. The molecule has 0 N–H and O–H groups in total. The molecule has 0 fully saturated rings. The van der Waals surface area contributed by atoms with Crippen LogP contribution in [-0.2, 0) is 20.1 Å². The van der Waals surface area contributed by atoms with Crippen molar-refractivity contribution in [1.82, 2.24) is 24.1 Å². The van der Waals surface area contributed by atoms with Crippen LogP contribution in [0.25, 0.3) is 0 Å². The van der Waals surface area contributed by atoms with Gasteiger partial charge in [0.2, 0.25) is 0 Å². The quantitative estimate of drug-likeness (QED) is 0.725. The normalized spacial score (nSPS) is 16.2. The van der Waals surface area contributed by atoms with Gasteiger partial charge in [0, 0.05) is 33.2 Å². The Balaban J connectivity index is 1.94. The molecule has 0 atom stereocenters. The van der Waals surface area contributed by atoms with Crippen LogP contribution < -0.4 is 5.69 Å². The Morgan fingerprint density at radius 3 is 2.67 bits per heavy atom. The lowest BCUT2D eigenvalue weighted by Gasteiger charge is -2.28. The van der Waals surface area contributed by atoms with Gasteiger partial charge in [-0.2, -0.15) is 5.10 Å². The Morgan fingerprint density at radius 2 is 2.00 bits per heavy atom. The Kier molecular flexibility index (Phi) is 4.19. The van der Waals surface area contributed by atoms with E-state index in [2.05, 4.69) is 28.7 Å². The van der Waals surface area contributed by atoms with E-state index in [0.717, 1.165) is 51.6 Å². The van der Waals surface area contributed by atoms with Gasteiger partial charge < -0.3 is 4.90 Å². The molecule has 6 heteroatoms. The van der Waals surface area contributed by atoms with Gasteiger partial charge in [-0.15, -0.1) is 0 Å². The van der Waals surface area contributed by atoms with Crippen molar-refractivity contribution < 1.29 is 0 Å². The van der Waals surface area contributed by atoms with Crippen LogP contribution in [0.3, 0.4) is 0 Å². The lowest BCUT2D eigenvalue weighted by atomic mass is 10.3. The second kappa shape index (κ2) is 5.67. The monoisotopic (exact) mass is 253 g/mol. The molecule has 0 aliphatic carbocycles. The first kappa shape index (κ1) is 13.3. The summed E-state index contributed by atoms with van der Waals surface area (Å²) in [5.74, 6) is 0.897. The summed E-state index contributed by atoms with van der Waals surface area (Å²) < 4.78 is 3.22. The molecule has 2 heterocycles. The van der Waals surface area contributed by atoms with Crippen molar-refractivity contribution >= 4 is 0 Å². The number of rotatable bonds is 5. The molecule has 6 nitrogen and oxygen atoms in total. The summed E-state index contributed by atoms with van der Waals surface area (Å²) in [7, 11) is 1.72. The van der Waals surface area contributed by atoms with Gasteiger partial charge in [-0.1, -0.05) is 13.8 Å². The predicted octanol–water partition coefficient (Wildman–Crippen LogP) is -0.261. The average Bonchev–Trinajstić information content (AvgIpc) is 2.66. The minimum atomic E-state index is 0.00777. The molecule has 0 saturated carbocycles. The largest absolute Gasteiger partial charge is 0.345 e. The molecule has 0 aromatic carbocycles. The summed E-state index contributed by atoms with van der Waals surface area (Å²) in [5.41, 5.74) is 0.00777. The molecule has 0 amide bonds. The minimum Gasteiger partial charge on any atom is -0.303 e. The number of hydrogen-bond acceptors (Lipinski definition) is 4. The Bertz CT molecular complexity index is 446. The average molecular weight is 253 g/mol. The van der Waals surface area contributed by atoms with Crippen LogP contribution in [-0.4, -0.2) is 56.9 Å². The molecule has 1 aromatic rings.